The van der Waals surface area contributed by atoms with Crippen molar-refractivity contribution in [2.75, 3.05) is 20.8 Å². The molecule has 9 heteroatoms. The van der Waals surface area contributed by atoms with Crippen LogP contribution in [0.15, 0.2) is 102 Å². The number of benzene rings is 4. The highest BCUT2D eigenvalue weighted by Crippen LogP contribution is 2.28. The predicted octanol–water partition coefficient (Wildman–Crippen LogP) is 5.03. The molecule has 0 saturated heterocycles. The SMILES string of the molecule is COc1ccc(C(=O)Oc2ccc(/C=N\NC(=O)COc3ccc(OCc4ccccc4)cc3)cc2)cc1OC. The lowest BCUT2D eigenvalue weighted by atomic mass is 10.2. The molecule has 40 heavy (non-hydrogen) atoms. The molecule has 0 heterocycles. The van der Waals surface area contributed by atoms with E-state index in [9.17, 15) is 9.59 Å². The molecule has 0 fully saturated rings. The van der Waals surface area contributed by atoms with Gasteiger partial charge in [-0.2, -0.15) is 5.10 Å². The normalized spacial score (nSPS) is 10.6. The van der Waals surface area contributed by atoms with Gasteiger partial charge in [0.2, 0.25) is 0 Å². The van der Waals surface area contributed by atoms with Crippen LogP contribution in [0.2, 0.25) is 0 Å². The van der Waals surface area contributed by atoms with E-state index in [1.807, 2.05) is 30.3 Å². The zero-order chi connectivity index (χ0) is 28.2. The highest BCUT2D eigenvalue weighted by Gasteiger charge is 2.13. The number of carbonyl (C=O) groups excluding carboxylic acids is 2. The maximum Gasteiger partial charge on any atom is 0.343 e. The first-order valence-corrected chi connectivity index (χ1v) is 12.3. The number of carbonyl (C=O) groups is 2. The number of ether oxygens (including phenoxy) is 5. The molecule has 9 nitrogen and oxygen atoms in total. The number of esters is 1. The fourth-order valence-electron chi connectivity index (χ4n) is 3.48. The smallest absolute Gasteiger partial charge is 0.343 e. The average Bonchev–Trinajstić information content (AvgIpc) is 3.00. The van der Waals surface area contributed by atoms with Crippen LogP contribution in [0.5, 0.6) is 28.7 Å². The summed E-state index contributed by atoms with van der Waals surface area (Å²) in [4.78, 5) is 24.5. The Bertz CT molecular complexity index is 1440. The van der Waals surface area contributed by atoms with Crippen molar-refractivity contribution < 1.29 is 33.3 Å². The maximum atomic E-state index is 12.5. The molecule has 0 radical (unpaired) electrons. The minimum absolute atomic E-state index is 0.202. The molecule has 0 aromatic heterocycles. The van der Waals surface area contributed by atoms with E-state index in [1.54, 1.807) is 66.7 Å². The number of nitrogens with zero attached hydrogens (tertiary/aromatic N) is 1. The van der Waals surface area contributed by atoms with E-state index in [1.165, 1.54) is 20.4 Å². The fraction of sp³-hybridized carbons (Fsp3) is 0.129. The van der Waals surface area contributed by atoms with Gasteiger partial charge in [-0.05, 0) is 77.9 Å². The van der Waals surface area contributed by atoms with E-state index in [2.05, 4.69) is 10.5 Å². The standard InChI is InChI=1S/C31H28N2O7/c1-36-28-17-10-24(18-29(28)37-2)31(35)40-27-11-8-22(9-12-27)19-32-33-30(34)21-39-26-15-13-25(14-16-26)38-20-23-6-4-3-5-7-23/h3-19H,20-21H2,1-2H3,(H,33,34)/b32-19-. The molecule has 4 aromatic carbocycles. The van der Waals surface area contributed by atoms with Gasteiger partial charge in [0, 0.05) is 0 Å². The molecule has 0 spiro atoms. The fourth-order valence-corrected chi connectivity index (χ4v) is 3.48. The van der Waals surface area contributed by atoms with Gasteiger partial charge in [0.25, 0.3) is 5.91 Å². The second-order valence-corrected chi connectivity index (χ2v) is 8.36. The van der Waals surface area contributed by atoms with Crippen molar-refractivity contribution in [3.8, 4) is 28.7 Å². The Morgan fingerprint density at radius 1 is 0.750 bits per heavy atom. The summed E-state index contributed by atoms with van der Waals surface area (Å²) in [5.41, 5.74) is 4.50. The molecule has 4 rings (SSSR count). The van der Waals surface area contributed by atoms with Gasteiger partial charge in [0.1, 0.15) is 23.9 Å². The molecule has 0 saturated carbocycles. The van der Waals surface area contributed by atoms with Crippen molar-refractivity contribution in [3.63, 3.8) is 0 Å². The summed E-state index contributed by atoms with van der Waals surface area (Å²) in [5, 5.41) is 3.94. The molecule has 0 aliphatic heterocycles. The van der Waals surface area contributed by atoms with Crippen molar-refractivity contribution in [1.29, 1.82) is 0 Å². The molecular formula is C31H28N2O7. The van der Waals surface area contributed by atoms with Crippen molar-refractivity contribution >= 4 is 18.1 Å². The molecule has 1 amide bonds. The number of hydrazone groups is 1. The van der Waals surface area contributed by atoms with Crippen LogP contribution >= 0.6 is 0 Å². The van der Waals surface area contributed by atoms with E-state index in [4.69, 9.17) is 23.7 Å². The van der Waals surface area contributed by atoms with Gasteiger partial charge in [-0.15, -0.1) is 0 Å². The topological polar surface area (TPSA) is 105 Å². The summed E-state index contributed by atoms with van der Waals surface area (Å²) < 4.78 is 27.1. The first-order valence-electron chi connectivity index (χ1n) is 12.3. The van der Waals surface area contributed by atoms with Gasteiger partial charge in [-0.3, -0.25) is 4.79 Å². The molecular weight excluding hydrogens is 512 g/mol. The number of rotatable bonds is 12. The van der Waals surface area contributed by atoms with Crippen LogP contribution in [0, 0.1) is 0 Å². The molecule has 0 aliphatic rings. The van der Waals surface area contributed by atoms with Crippen molar-refractivity contribution in [3.05, 3.63) is 114 Å². The van der Waals surface area contributed by atoms with E-state index in [0.717, 1.165) is 5.56 Å². The lowest BCUT2D eigenvalue weighted by Crippen LogP contribution is -2.24. The van der Waals surface area contributed by atoms with Gasteiger partial charge in [0.15, 0.2) is 18.1 Å². The third kappa shape index (κ3) is 8.09. The Morgan fingerprint density at radius 2 is 1.40 bits per heavy atom. The summed E-state index contributed by atoms with van der Waals surface area (Å²) in [6.07, 6.45) is 1.47. The first kappa shape index (κ1) is 27.7. The molecule has 1 N–H and O–H groups in total. The minimum Gasteiger partial charge on any atom is -0.493 e. The number of amides is 1. The highest BCUT2D eigenvalue weighted by atomic mass is 16.5. The Morgan fingerprint density at radius 3 is 2.08 bits per heavy atom. The third-order valence-corrected chi connectivity index (χ3v) is 5.55. The molecule has 0 unspecified atom stereocenters. The van der Waals surface area contributed by atoms with Gasteiger partial charge in [-0.1, -0.05) is 30.3 Å². The van der Waals surface area contributed by atoms with E-state index in [-0.39, 0.29) is 6.61 Å². The largest absolute Gasteiger partial charge is 0.493 e. The van der Waals surface area contributed by atoms with E-state index < -0.39 is 11.9 Å². The number of methoxy groups -OCH3 is 2. The van der Waals surface area contributed by atoms with Gasteiger partial charge < -0.3 is 23.7 Å². The number of hydrogen-bond acceptors (Lipinski definition) is 8. The lowest BCUT2D eigenvalue weighted by Gasteiger charge is -2.09. The van der Waals surface area contributed by atoms with Crippen LogP contribution in [0.4, 0.5) is 0 Å². The first-order chi connectivity index (χ1) is 19.5. The van der Waals surface area contributed by atoms with Crippen LogP contribution in [-0.4, -0.2) is 38.9 Å². The highest BCUT2D eigenvalue weighted by molar-refractivity contribution is 5.92. The summed E-state index contributed by atoms with van der Waals surface area (Å²) in [5.74, 6) is 1.57. The zero-order valence-corrected chi connectivity index (χ0v) is 22.0. The summed E-state index contributed by atoms with van der Waals surface area (Å²) in [6, 6.07) is 28.3. The van der Waals surface area contributed by atoms with E-state index >= 15 is 0 Å². The quantitative estimate of drug-likeness (QED) is 0.116. The Labute approximate surface area is 231 Å². The third-order valence-electron chi connectivity index (χ3n) is 5.55. The molecule has 0 atom stereocenters. The average molecular weight is 541 g/mol. The second kappa shape index (κ2) is 14.0. The Balaban J connectivity index is 1.19. The zero-order valence-electron chi connectivity index (χ0n) is 22.0. The van der Waals surface area contributed by atoms with Crippen LogP contribution in [0.1, 0.15) is 21.5 Å². The Hall–Kier alpha value is -5.31. The van der Waals surface area contributed by atoms with Crippen LogP contribution in [0.25, 0.3) is 0 Å². The lowest BCUT2D eigenvalue weighted by molar-refractivity contribution is -0.123. The van der Waals surface area contributed by atoms with Crippen molar-refractivity contribution in [2.45, 2.75) is 6.61 Å². The summed E-state index contributed by atoms with van der Waals surface area (Å²) in [7, 11) is 3.01. The van der Waals surface area contributed by atoms with Gasteiger partial charge >= 0.3 is 5.97 Å². The van der Waals surface area contributed by atoms with Gasteiger partial charge in [-0.25, -0.2) is 10.2 Å². The van der Waals surface area contributed by atoms with Crippen molar-refractivity contribution in [1.82, 2.24) is 5.43 Å². The van der Waals surface area contributed by atoms with Crippen LogP contribution in [0.3, 0.4) is 0 Å². The minimum atomic E-state index is -0.538. The molecule has 0 bridgehead atoms. The molecule has 0 aliphatic carbocycles. The van der Waals surface area contributed by atoms with Crippen LogP contribution in [-0.2, 0) is 11.4 Å². The van der Waals surface area contributed by atoms with Crippen LogP contribution < -0.4 is 29.1 Å². The summed E-state index contributed by atoms with van der Waals surface area (Å²) in [6.45, 7) is 0.265. The maximum absolute atomic E-state index is 12.5. The second-order valence-electron chi connectivity index (χ2n) is 8.36. The molecule has 204 valence electrons. The monoisotopic (exact) mass is 540 g/mol. The van der Waals surface area contributed by atoms with Gasteiger partial charge in [0.05, 0.1) is 26.0 Å². The summed E-state index contributed by atoms with van der Waals surface area (Å²) >= 11 is 0. The predicted molar refractivity (Wildman–Crippen MR) is 149 cm³/mol. The van der Waals surface area contributed by atoms with Crippen molar-refractivity contribution in [2.24, 2.45) is 5.10 Å². The number of hydrogen-bond donors (Lipinski definition) is 1. The Kier molecular flexibility index (Phi) is 9.71. The number of nitrogens with one attached hydrogen (secondary N) is 1. The molecule has 4 aromatic rings. The van der Waals surface area contributed by atoms with E-state index in [0.29, 0.717) is 46.5 Å².